The molecule has 3 atom stereocenters. The van der Waals surface area contributed by atoms with Crippen molar-refractivity contribution in [2.45, 2.75) is 76.9 Å². The second kappa shape index (κ2) is 10.2. The molecule has 0 unspecified atom stereocenters. The molecule has 3 fully saturated rings. The Labute approximate surface area is 209 Å². The Morgan fingerprint density at radius 1 is 1.06 bits per heavy atom. The van der Waals surface area contributed by atoms with E-state index < -0.39 is 0 Å². The SMILES string of the molecule is CC[C@@H]1C[C@H](N)CCN1C(=O)N1CC[C@@H](Cn2ccc(-c3ccccc3)cc2=O)C2(CCCC2)C1. The Kier molecular flexibility index (Phi) is 7.01. The van der Waals surface area contributed by atoms with Crippen LogP contribution < -0.4 is 11.3 Å². The van der Waals surface area contributed by atoms with Crippen LogP contribution in [-0.4, -0.2) is 52.1 Å². The second-order valence-electron chi connectivity index (χ2n) is 11.1. The van der Waals surface area contributed by atoms with Gasteiger partial charge in [-0.3, -0.25) is 4.79 Å². The molecule has 5 rings (SSSR count). The lowest BCUT2D eigenvalue weighted by Gasteiger charge is -2.49. The highest BCUT2D eigenvalue weighted by molar-refractivity contribution is 5.75. The van der Waals surface area contributed by atoms with E-state index >= 15 is 0 Å². The van der Waals surface area contributed by atoms with Gasteiger partial charge in [-0.1, -0.05) is 50.1 Å². The molecular weight excluding hydrogens is 436 g/mol. The van der Waals surface area contributed by atoms with Gasteiger partial charge in [0.1, 0.15) is 0 Å². The number of hydrogen-bond acceptors (Lipinski definition) is 3. The number of likely N-dealkylation sites (tertiary alicyclic amines) is 2. The quantitative estimate of drug-likeness (QED) is 0.694. The average Bonchev–Trinajstić information content (AvgIpc) is 3.35. The molecule has 1 aromatic heterocycles. The van der Waals surface area contributed by atoms with Crippen LogP contribution in [0.2, 0.25) is 0 Å². The summed E-state index contributed by atoms with van der Waals surface area (Å²) < 4.78 is 1.90. The summed E-state index contributed by atoms with van der Waals surface area (Å²) in [5.74, 6) is 0.422. The lowest BCUT2D eigenvalue weighted by Crippen LogP contribution is -2.58. The Bertz CT molecular complexity index is 1080. The third-order valence-electron chi connectivity index (χ3n) is 8.98. The van der Waals surface area contributed by atoms with E-state index in [9.17, 15) is 9.59 Å². The summed E-state index contributed by atoms with van der Waals surface area (Å²) in [5.41, 5.74) is 8.43. The number of carbonyl (C=O) groups excluding carboxylic acids is 1. The summed E-state index contributed by atoms with van der Waals surface area (Å²) in [6.07, 6.45) is 10.4. The molecule has 6 nitrogen and oxygen atoms in total. The van der Waals surface area contributed by atoms with E-state index in [1.807, 2.05) is 41.1 Å². The van der Waals surface area contributed by atoms with E-state index in [1.165, 1.54) is 12.8 Å². The van der Waals surface area contributed by atoms with Gasteiger partial charge >= 0.3 is 6.03 Å². The maximum absolute atomic E-state index is 13.6. The lowest BCUT2D eigenvalue weighted by atomic mass is 9.69. The lowest BCUT2D eigenvalue weighted by molar-refractivity contribution is 0.0214. The van der Waals surface area contributed by atoms with E-state index in [2.05, 4.69) is 22.8 Å². The van der Waals surface area contributed by atoms with Crippen LogP contribution >= 0.6 is 0 Å². The molecule has 188 valence electrons. The summed E-state index contributed by atoms with van der Waals surface area (Å²) in [6.45, 7) is 5.28. The molecule has 35 heavy (non-hydrogen) atoms. The molecule has 3 heterocycles. The average molecular weight is 477 g/mol. The predicted octanol–water partition coefficient (Wildman–Crippen LogP) is 4.72. The van der Waals surface area contributed by atoms with E-state index in [-0.39, 0.29) is 29.1 Å². The topological polar surface area (TPSA) is 71.6 Å². The fourth-order valence-electron chi connectivity index (χ4n) is 6.91. The molecule has 1 aromatic carbocycles. The molecule has 2 aromatic rings. The number of carbonyl (C=O) groups is 1. The molecule has 0 bridgehead atoms. The number of hydrogen-bond donors (Lipinski definition) is 1. The number of urea groups is 1. The first-order chi connectivity index (χ1) is 17.0. The third-order valence-corrected chi connectivity index (χ3v) is 8.98. The van der Waals surface area contributed by atoms with Gasteiger partial charge < -0.3 is 20.1 Å². The highest BCUT2D eigenvalue weighted by Crippen LogP contribution is 2.49. The number of benzene rings is 1. The smallest absolute Gasteiger partial charge is 0.320 e. The third kappa shape index (κ3) is 4.90. The number of aromatic nitrogens is 1. The second-order valence-corrected chi connectivity index (χ2v) is 11.1. The highest BCUT2D eigenvalue weighted by atomic mass is 16.2. The molecule has 0 radical (unpaired) electrons. The van der Waals surface area contributed by atoms with Crippen molar-refractivity contribution in [2.24, 2.45) is 17.1 Å². The molecule has 1 saturated carbocycles. The zero-order chi connectivity index (χ0) is 24.4. The number of nitrogens with zero attached hydrogens (tertiary/aromatic N) is 3. The zero-order valence-electron chi connectivity index (χ0n) is 21.1. The van der Waals surface area contributed by atoms with Crippen LogP contribution in [0.25, 0.3) is 11.1 Å². The van der Waals surface area contributed by atoms with Crippen molar-refractivity contribution in [3.8, 4) is 11.1 Å². The fourth-order valence-corrected chi connectivity index (χ4v) is 6.91. The molecule has 1 aliphatic carbocycles. The summed E-state index contributed by atoms with van der Waals surface area (Å²) in [5, 5.41) is 0. The van der Waals surface area contributed by atoms with Gasteiger partial charge in [0.2, 0.25) is 0 Å². The highest BCUT2D eigenvalue weighted by Gasteiger charge is 2.47. The maximum Gasteiger partial charge on any atom is 0.320 e. The first-order valence-electron chi connectivity index (χ1n) is 13.6. The number of amides is 2. The first-order valence-corrected chi connectivity index (χ1v) is 13.6. The monoisotopic (exact) mass is 476 g/mol. The minimum Gasteiger partial charge on any atom is -0.328 e. The number of piperidine rings is 2. The zero-order valence-corrected chi connectivity index (χ0v) is 21.1. The van der Waals surface area contributed by atoms with Crippen LogP contribution in [0.3, 0.4) is 0 Å². The standard InChI is InChI=1S/C29H40N4O2/c1-2-26-19-25(30)12-17-33(26)28(35)32-16-11-24(29(21-32)13-6-7-14-29)20-31-15-10-23(18-27(31)34)22-8-4-3-5-9-22/h3-5,8-10,15,18,24-26H,2,6-7,11-14,16-17,19-21,30H2,1H3/t24-,25+,26+/m0/s1. The molecule has 2 aliphatic heterocycles. The van der Waals surface area contributed by atoms with Crippen LogP contribution in [0.1, 0.15) is 58.3 Å². The van der Waals surface area contributed by atoms with Gasteiger partial charge in [-0.15, -0.1) is 0 Å². The summed E-state index contributed by atoms with van der Waals surface area (Å²) >= 11 is 0. The largest absolute Gasteiger partial charge is 0.328 e. The van der Waals surface area contributed by atoms with Gasteiger partial charge in [-0.05, 0) is 67.1 Å². The number of pyridine rings is 1. The summed E-state index contributed by atoms with van der Waals surface area (Å²) in [6, 6.07) is 14.6. The summed E-state index contributed by atoms with van der Waals surface area (Å²) in [4.78, 5) is 30.9. The number of nitrogens with two attached hydrogens (primary N) is 1. The van der Waals surface area contributed by atoms with Gasteiger partial charge in [0.05, 0.1) is 0 Å². The van der Waals surface area contributed by atoms with E-state index in [0.29, 0.717) is 5.92 Å². The molecule has 2 N–H and O–H groups in total. The number of rotatable bonds is 4. The van der Waals surface area contributed by atoms with Crippen molar-refractivity contribution >= 4 is 6.03 Å². The first kappa shape index (κ1) is 24.1. The van der Waals surface area contributed by atoms with E-state index in [1.54, 1.807) is 6.07 Å². The molecule has 6 heteroatoms. The van der Waals surface area contributed by atoms with Crippen LogP contribution in [0.4, 0.5) is 4.79 Å². The molecule has 2 amide bonds. The van der Waals surface area contributed by atoms with Gasteiger partial charge in [0, 0.05) is 50.5 Å². The summed E-state index contributed by atoms with van der Waals surface area (Å²) in [7, 11) is 0. The molecule has 3 aliphatic rings. The molecular formula is C29H40N4O2. The van der Waals surface area contributed by atoms with Crippen molar-refractivity contribution in [3.05, 3.63) is 59.0 Å². The molecule has 2 saturated heterocycles. The van der Waals surface area contributed by atoms with Crippen LogP contribution in [0.5, 0.6) is 0 Å². The van der Waals surface area contributed by atoms with Crippen molar-refractivity contribution in [2.75, 3.05) is 19.6 Å². The Morgan fingerprint density at radius 3 is 2.54 bits per heavy atom. The Hall–Kier alpha value is -2.60. The minimum atomic E-state index is 0.0634. The fraction of sp³-hybridized carbons (Fsp3) is 0.586. The van der Waals surface area contributed by atoms with E-state index in [4.69, 9.17) is 5.73 Å². The Morgan fingerprint density at radius 2 is 1.83 bits per heavy atom. The van der Waals surface area contributed by atoms with Crippen LogP contribution in [0.15, 0.2) is 53.5 Å². The van der Waals surface area contributed by atoms with Crippen molar-refractivity contribution in [1.82, 2.24) is 14.4 Å². The predicted molar refractivity (Wildman–Crippen MR) is 140 cm³/mol. The van der Waals surface area contributed by atoms with Crippen LogP contribution in [0, 0.1) is 11.3 Å². The van der Waals surface area contributed by atoms with Crippen LogP contribution in [-0.2, 0) is 6.54 Å². The minimum absolute atomic E-state index is 0.0634. The van der Waals surface area contributed by atoms with Crippen molar-refractivity contribution in [1.29, 1.82) is 0 Å². The van der Waals surface area contributed by atoms with Gasteiger partial charge in [0.15, 0.2) is 0 Å². The van der Waals surface area contributed by atoms with Crippen molar-refractivity contribution < 1.29 is 4.79 Å². The normalized spacial score (nSPS) is 26.3. The van der Waals surface area contributed by atoms with Gasteiger partial charge in [0.25, 0.3) is 5.56 Å². The Balaban J connectivity index is 1.31. The van der Waals surface area contributed by atoms with Crippen molar-refractivity contribution in [3.63, 3.8) is 0 Å². The maximum atomic E-state index is 13.6. The molecule has 1 spiro atoms. The van der Waals surface area contributed by atoms with E-state index in [0.717, 1.165) is 75.8 Å². The van der Waals surface area contributed by atoms with Gasteiger partial charge in [-0.2, -0.15) is 0 Å². The van der Waals surface area contributed by atoms with Gasteiger partial charge in [-0.25, -0.2) is 4.79 Å².